The number of hydrogen-bond donors (Lipinski definition) is 2. The molecule has 4 heteroatoms. The fraction of sp³-hybridized carbons (Fsp3) is 0.500. The van der Waals surface area contributed by atoms with Crippen LogP contribution in [0.1, 0.15) is 24.8 Å². The van der Waals surface area contributed by atoms with Crippen LogP contribution in [0.15, 0.2) is 17.5 Å². The summed E-state index contributed by atoms with van der Waals surface area (Å²) in [5, 5.41) is 7.89. The van der Waals surface area contributed by atoms with Crippen molar-refractivity contribution in [2.24, 2.45) is 0 Å². The molecule has 0 bridgehead atoms. The van der Waals surface area contributed by atoms with Crippen molar-refractivity contribution in [2.45, 2.75) is 25.9 Å². The Labute approximate surface area is 88.5 Å². The number of likely N-dealkylation sites (N-methyl/N-ethyl adjacent to an activating group) is 1. The van der Waals surface area contributed by atoms with Gasteiger partial charge in [-0.05, 0) is 25.3 Å². The van der Waals surface area contributed by atoms with Gasteiger partial charge in [0.25, 0.3) is 0 Å². The summed E-state index contributed by atoms with van der Waals surface area (Å²) in [6.45, 7) is 3.92. The lowest BCUT2D eigenvalue weighted by Crippen LogP contribution is -2.41. The van der Waals surface area contributed by atoms with Crippen LogP contribution in [-0.2, 0) is 4.79 Å². The third-order valence-electron chi connectivity index (χ3n) is 2.11. The Kier molecular flexibility index (Phi) is 4.10. The van der Waals surface area contributed by atoms with E-state index < -0.39 is 0 Å². The summed E-state index contributed by atoms with van der Waals surface area (Å²) in [5.41, 5.74) is 0. The lowest BCUT2D eigenvalue weighted by atomic mass is 10.2. The van der Waals surface area contributed by atoms with Gasteiger partial charge in [0, 0.05) is 18.0 Å². The summed E-state index contributed by atoms with van der Waals surface area (Å²) in [7, 11) is 1.65. The second-order valence-corrected chi connectivity index (χ2v) is 4.22. The molecule has 2 N–H and O–H groups in total. The average Bonchev–Trinajstić information content (AvgIpc) is 2.69. The van der Waals surface area contributed by atoms with Crippen molar-refractivity contribution in [3.05, 3.63) is 22.4 Å². The maximum Gasteiger partial charge on any atom is 0.236 e. The molecule has 1 aromatic heterocycles. The van der Waals surface area contributed by atoms with E-state index in [1.807, 2.05) is 18.4 Å². The molecule has 0 spiro atoms. The molecule has 2 unspecified atom stereocenters. The van der Waals surface area contributed by atoms with Crippen molar-refractivity contribution in [1.29, 1.82) is 0 Å². The minimum atomic E-state index is -0.155. The summed E-state index contributed by atoms with van der Waals surface area (Å²) in [6, 6.07) is 4.15. The minimum Gasteiger partial charge on any atom is -0.358 e. The Morgan fingerprint density at radius 2 is 2.21 bits per heavy atom. The number of carbonyl (C=O) groups excluding carboxylic acids is 1. The van der Waals surface area contributed by atoms with Gasteiger partial charge in [-0.3, -0.25) is 10.1 Å². The minimum absolute atomic E-state index is 0.0217. The van der Waals surface area contributed by atoms with Gasteiger partial charge in [0.2, 0.25) is 5.91 Å². The Morgan fingerprint density at radius 1 is 1.50 bits per heavy atom. The molecule has 0 fully saturated rings. The SMILES string of the molecule is CNC(=O)C(C)NC(C)c1cccs1. The van der Waals surface area contributed by atoms with Crippen molar-refractivity contribution in [3.8, 4) is 0 Å². The van der Waals surface area contributed by atoms with Crippen LogP contribution >= 0.6 is 11.3 Å². The van der Waals surface area contributed by atoms with Gasteiger partial charge in [-0.15, -0.1) is 11.3 Å². The molecule has 1 aromatic rings. The van der Waals surface area contributed by atoms with E-state index in [4.69, 9.17) is 0 Å². The van der Waals surface area contributed by atoms with E-state index in [1.54, 1.807) is 18.4 Å². The van der Waals surface area contributed by atoms with Crippen molar-refractivity contribution >= 4 is 17.2 Å². The molecule has 0 aliphatic rings. The Hall–Kier alpha value is -0.870. The molecular weight excluding hydrogens is 196 g/mol. The first-order valence-electron chi connectivity index (χ1n) is 4.66. The summed E-state index contributed by atoms with van der Waals surface area (Å²) in [4.78, 5) is 12.5. The van der Waals surface area contributed by atoms with Crippen LogP contribution in [0.5, 0.6) is 0 Å². The van der Waals surface area contributed by atoms with Gasteiger partial charge < -0.3 is 5.32 Å². The normalized spacial score (nSPS) is 14.8. The van der Waals surface area contributed by atoms with Crippen LogP contribution in [0.25, 0.3) is 0 Å². The fourth-order valence-electron chi connectivity index (χ4n) is 1.29. The molecule has 0 saturated heterocycles. The zero-order chi connectivity index (χ0) is 10.6. The van der Waals surface area contributed by atoms with Gasteiger partial charge in [0.1, 0.15) is 0 Å². The summed E-state index contributed by atoms with van der Waals surface area (Å²) in [6.07, 6.45) is 0. The zero-order valence-corrected chi connectivity index (χ0v) is 9.52. The molecule has 0 aliphatic carbocycles. The predicted molar refractivity (Wildman–Crippen MR) is 59.4 cm³/mol. The van der Waals surface area contributed by atoms with Gasteiger partial charge in [0.15, 0.2) is 0 Å². The quantitative estimate of drug-likeness (QED) is 0.794. The van der Waals surface area contributed by atoms with Crippen LogP contribution in [0.4, 0.5) is 0 Å². The number of hydrogen-bond acceptors (Lipinski definition) is 3. The maximum atomic E-state index is 11.2. The Bertz CT molecular complexity index is 284. The molecule has 0 aliphatic heterocycles. The second kappa shape index (κ2) is 5.12. The van der Waals surface area contributed by atoms with Gasteiger partial charge in [-0.1, -0.05) is 6.07 Å². The molecule has 0 saturated carbocycles. The number of amides is 1. The number of rotatable bonds is 4. The fourth-order valence-corrected chi connectivity index (χ4v) is 2.03. The van der Waals surface area contributed by atoms with E-state index in [0.717, 1.165) is 0 Å². The highest BCUT2D eigenvalue weighted by atomic mass is 32.1. The lowest BCUT2D eigenvalue weighted by molar-refractivity contribution is -0.122. The maximum absolute atomic E-state index is 11.2. The molecular formula is C10H16N2OS. The molecule has 2 atom stereocenters. The van der Waals surface area contributed by atoms with Gasteiger partial charge in [-0.2, -0.15) is 0 Å². The van der Waals surface area contributed by atoms with Crippen molar-refractivity contribution < 1.29 is 4.79 Å². The third kappa shape index (κ3) is 2.82. The van der Waals surface area contributed by atoms with Crippen LogP contribution in [0, 0.1) is 0 Å². The first-order chi connectivity index (χ1) is 6.65. The topological polar surface area (TPSA) is 41.1 Å². The van der Waals surface area contributed by atoms with Crippen molar-refractivity contribution in [1.82, 2.24) is 10.6 Å². The second-order valence-electron chi connectivity index (χ2n) is 3.24. The smallest absolute Gasteiger partial charge is 0.236 e. The van der Waals surface area contributed by atoms with E-state index in [0.29, 0.717) is 0 Å². The first kappa shape index (κ1) is 11.2. The summed E-state index contributed by atoms with van der Waals surface area (Å²) in [5.74, 6) is 0.0217. The molecule has 1 heterocycles. The van der Waals surface area contributed by atoms with E-state index in [-0.39, 0.29) is 18.0 Å². The van der Waals surface area contributed by atoms with Crippen LogP contribution in [0.3, 0.4) is 0 Å². The van der Waals surface area contributed by atoms with Crippen LogP contribution < -0.4 is 10.6 Å². The molecule has 1 rings (SSSR count). The number of nitrogens with one attached hydrogen (secondary N) is 2. The molecule has 14 heavy (non-hydrogen) atoms. The largest absolute Gasteiger partial charge is 0.358 e. The molecule has 0 radical (unpaired) electrons. The Morgan fingerprint density at radius 3 is 2.71 bits per heavy atom. The van der Waals surface area contributed by atoms with Gasteiger partial charge in [0.05, 0.1) is 6.04 Å². The number of thiophene rings is 1. The van der Waals surface area contributed by atoms with E-state index in [1.165, 1.54) is 4.88 Å². The third-order valence-corrected chi connectivity index (χ3v) is 3.16. The van der Waals surface area contributed by atoms with Gasteiger partial charge >= 0.3 is 0 Å². The summed E-state index contributed by atoms with van der Waals surface area (Å²) < 4.78 is 0. The van der Waals surface area contributed by atoms with Crippen molar-refractivity contribution in [3.63, 3.8) is 0 Å². The summed E-state index contributed by atoms with van der Waals surface area (Å²) >= 11 is 1.70. The zero-order valence-electron chi connectivity index (χ0n) is 8.70. The Balaban J connectivity index is 2.49. The van der Waals surface area contributed by atoms with Gasteiger partial charge in [-0.25, -0.2) is 0 Å². The predicted octanol–water partition coefficient (Wildman–Crippen LogP) is 1.53. The van der Waals surface area contributed by atoms with Crippen molar-refractivity contribution in [2.75, 3.05) is 7.05 Å². The average molecular weight is 212 g/mol. The molecule has 0 aromatic carbocycles. The van der Waals surface area contributed by atoms with E-state index in [2.05, 4.69) is 23.6 Å². The molecule has 78 valence electrons. The van der Waals surface area contributed by atoms with E-state index in [9.17, 15) is 4.79 Å². The first-order valence-corrected chi connectivity index (χ1v) is 5.54. The highest BCUT2D eigenvalue weighted by Gasteiger charge is 2.14. The molecule has 1 amide bonds. The lowest BCUT2D eigenvalue weighted by Gasteiger charge is -2.17. The van der Waals surface area contributed by atoms with Crippen LogP contribution in [0.2, 0.25) is 0 Å². The molecule has 3 nitrogen and oxygen atoms in total. The number of carbonyl (C=O) groups is 1. The standard InChI is InChI=1S/C10H16N2OS/c1-7(9-5-4-6-14-9)12-8(2)10(13)11-3/h4-8,12H,1-3H3,(H,11,13). The van der Waals surface area contributed by atoms with E-state index >= 15 is 0 Å². The highest BCUT2D eigenvalue weighted by molar-refractivity contribution is 7.10. The highest BCUT2D eigenvalue weighted by Crippen LogP contribution is 2.18. The monoisotopic (exact) mass is 212 g/mol. The van der Waals surface area contributed by atoms with Crippen LogP contribution in [-0.4, -0.2) is 19.0 Å².